The van der Waals surface area contributed by atoms with Crippen LogP contribution in [0.4, 0.5) is 0 Å². The monoisotopic (exact) mass is 344 g/mol. The summed E-state index contributed by atoms with van der Waals surface area (Å²) in [6, 6.07) is 2.04. The van der Waals surface area contributed by atoms with Crippen LogP contribution < -0.4 is 15.4 Å². The Morgan fingerprint density at radius 2 is 2.23 bits per heavy atom. The van der Waals surface area contributed by atoms with E-state index < -0.39 is 10.0 Å². The molecule has 1 aromatic heterocycles. The molecule has 1 aliphatic rings. The second-order valence-corrected chi connectivity index (χ2v) is 8.15. The van der Waals surface area contributed by atoms with Gasteiger partial charge in [-0.1, -0.05) is 6.42 Å². The lowest BCUT2D eigenvalue weighted by Crippen LogP contribution is -2.41. The molecule has 1 fully saturated rings. The second kappa shape index (κ2) is 8.50. The summed E-state index contributed by atoms with van der Waals surface area (Å²) in [5, 5.41) is 10.3. The molecule has 1 aliphatic carbocycles. The summed E-state index contributed by atoms with van der Waals surface area (Å²) < 4.78 is 26.4. The fraction of sp³-hybridized carbons (Fsp3) is 0.643. The molecule has 22 heavy (non-hydrogen) atoms. The van der Waals surface area contributed by atoms with Crippen LogP contribution in [0, 0.1) is 5.92 Å². The summed E-state index contributed by atoms with van der Waals surface area (Å²) in [5.74, 6) is 1.20. The number of rotatable bonds is 8. The van der Waals surface area contributed by atoms with Crippen molar-refractivity contribution in [3.8, 4) is 0 Å². The Kier molecular flexibility index (Phi) is 6.66. The average molecular weight is 345 g/mol. The lowest BCUT2D eigenvalue weighted by atomic mass is 9.86. The number of hydrogen-bond acceptors (Lipinski definition) is 4. The van der Waals surface area contributed by atoms with Gasteiger partial charge >= 0.3 is 0 Å². The molecule has 1 saturated carbocycles. The van der Waals surface area contributed by atoms with Crippen molar-refractivity contribution in [2.24, 2.45) is 10.9 Å². The third-order valence-corrected chi connectivity index (χ3v) is 5.82. The van der Waals surface area contributed by atoms with Gasteiger partial charge in [0.15, 0.2) is 5.96 Å². The first-order valence-electron chi connectivity index (χ1n) is 7.52. The van der Waals surface area contributed by atoms with Gasteiger partial charge in [-0.05, 0) is 41.1 Å². The van der Waals surface area contributed by atoms with Crippen LogP contribution in [0.25, 0.3) is 0 Å². The van der Waals surface area contributed by atoms with Crippen molar-refractivity contribution in [2.45, 2.75) is 25.8 Å². The maximum Gasteiger partial charge on any atom is 0.213 e. The first kappa shape index (κ1) is 17.2. The van der Waals surface area contributed by atoms with E-state index in [1.807, 2.05) is 11.4 Å². The van der Waals surface area contributed by atoms with E-state index in [4.69, 9.17) is 0 Å². The average Bonchev–Trinajstić information content (AvgIpc) is 2.93. The van der Waals surface area contributed by atoms with Crippen molar-refractivity contribution in [2.75, 3.05) is 25.9 Å². The Morgan fingerprint density at radius 3 is 2.82 bits per heavy atom. The van der Waals surface area contributed by atoms with Crippen LogP contribution in [-0.2, 0) is 16.6 Å². The minimum absolute atomic E-state index is 0.0544. The van der Waals surface area contributed by atoms with E-state index in [9.17, 15) is 8.42 Å². The molecule has 0 amide bonds. The van der Waals surface area contributed by atoms with Crippen molar-refractivity contribution in [3.05, 3.63) is 22.4 Å². The molecule has 0 aliphatic heterocycles. The van der Waals surface area contributed by atoms with Gasteiger partial charge in [0.25, 0.3) is 0 Å². The van der Waals surface area contributed by atoms with Crippen LogP contribution in [0.15, 0.2) is 21.8 Å². The third kappa shape index (κ3) is 5.94. The molecule has 8 heteroatoms. The summed E-state index contributed by atoms with van der Waals surface area (Å²) in [4.78, 5) is 4.09. The summed E-state index contributed by atoms with van der Waals surface area (Å²) in [6.07, 6.45) is 3.50. The second-order valence-electron chi connectivity index (χ2n) is 5.45. The normalized spacial score (nSPS) is 16.3. The summed E-state index contributed by atoms with van der Waals surface area (Å²) in [5.41, 5.74) is 1.18. The standard InChI is InChI=1S/C14H24N4O2S2/c1-15-14(17-9-13-5-7-21-11-13)16-6-8-22(19,20)18-10-12-3-2-4-12/h5,7,11-12,18H,2-4,6,8-10H2,1H3,(H2,15,16,17). The van der Waals surface area contributed by atoms with Crippen LogP contribution in [0.3, 0.4) is 0 Å². The van der Waals surface area contributed by atoms with Crippen LogP contribution in [0.5, 0.6) is 0 Å². The van der Waals surface area contributed by atoms with E-state index in [-0.39, 0.29) is 5.75 Å². The fourth-order valence-corrected chi connectivity index (χ4v) is 3.79. The van der Waals surface area contributed by atoms with Crippen molar-refractivity contribution in [1.82, 2.24) is 15.4 Å². The molecule has 6 nitrogen and oxygen atoms in total. The van der Waals surface area contributed by atoms with Crippen molar-refractivity contribution < 1.29 is 8.42 Å². The lowest BCUT2D eigenvalue weighted by Gasteiger charge is -2.25. The number of nitrogens with one attached hydrogen (secondary N) is 3. The molecule has 0 aromatic carbocycles. The van der Waals surface area contributed by atoms with Gasteiger partial charge in [0.1, 0.15) is 0 Å². The minimum Gasteiger partial charge on any atom is -0.355 e. The molecule has 124 valence electrons. The highest BCUT2D eigenvalue weighted by atomic mass is 32.2. The number of guanidine groups is 1. The lowest BCUT2D eigenvalue weighted by molar-refractivity contribution is 0.316. The molecule has 2 rings (SSSR count). The number of aliphatic imine (C=N–C) groups is 1. The topological polar surface area (TPSA) is 82.6 Å². The molecule has 0 radical (unpaired) electrons. The predicted molar refractivity (Wildman–Crippen MR) is 91.7 cm³/mol. The molecular weight excluding hydrogens is 320 g/mol. The number of hydrogen-bond donors (Lipinski definition) is 3. The highest BCUT2D eigenvalue weighted by Gasteiger charge is 2.19. The largest absolute Gasteiger partial charge is 0.355 e. The molecule has 0 atom stereocenters. The van der Waals surface area contributed by atoms with Gasteiger partial charge in [0.05, 0.1) is 5.75 Å². The van der Waals surface area contributed by atoms with Crippen LogP contribution in [0.1, 0.15) is 24.8 Å². The smallest absolute Gasteiger partial charge is 0.213 e. The molecule has 1 aromatic rings. The van der Waals surface area contributed by atoms with Gasteiger partial charge in [0.2, 0.25) is 10.0 Å². The number of sulfonamides is 1. The van der Waals surface area contributed by atoms with Crippen molar-refractivity contribution in [3.63, 3.8) is 0 Å². The van der Waals surface area contributed by atoms with E-state index in [1.54, 1.807) is 18.4 Å². The molecule has 0 saturated heterocycles. The van der Waals surface area contributed by atoms with Crippen LogP contribution in [0.2, 0.25) is 0 Å². The Balaban J connectivity index is 1.64. The van der Waals surface area contributed by atoms with Crippen LogP contribution in [-0.4, -0.2) is 40.3 Å². The first-order valence-corrected chi connectivity index (χ1v) is 10.1. The SMILES string of the molecule is CN=C(NCCS(=O)(=O)NCC1CCC1)NCc1ccsc1. The van der Waals surface area contributed by atoms with Gasteiger partial charge < -0.3 is 10.6 Å². The molecule has 3 N–H and O–H groups in total. The quantitative estimate of drug-likeness (QED) is 0.488. The number of thiophene rings is 1. The Labute approximate surface area is 136 Å². The van der Waals surface area contributed by atoms with Gasteiger partial charge in [-0.2, -0.15) is 11.3 Å². The highest BCUT2D eigenvalue weighted by Crippen LogP contribution is 2.25. The van der Waals surface area contributed by atoms with Gasteiger partial charge in [-0.3, -0.25) is 4.99 Å². The first-order chi connectivity index (χ1) is 10.6. The summed E-state index contributed by atoms with van der Waals surface area (Å²) in [7, 11) is -1.54. The maximum absolute atomic E-state index is 11.9. The Bertz CT molecular complexity index is 566. The highest BCUT2D eigenvalue weighted by molar-refractivity contribution is 7.89. The molecule has 0 unspecified atom stereocenters. The van der Waals surface area contributed by atoms with E-state index in [0.717, 1.165) is 12.8 Å². The van der Waals surface area contributed by atoms with Crippen molar-refractivity contribution >= 4 is 27.3 Å². The van der Waals surface area contributed by atoms with E-state index in [2.05, 4.69) is 25.7 Å². The third-order valence-electron chi connectivity index (χ3n) is 3.74. The Hall–Kier alpha value is -1.12. The summed E-state index contributed by atoms with van der Waals surface area (Å²) in [6.45, 7) is 1.59. The summed E-state index contributed by atoms with van der Waals surface area (Å²) >= 11 is 1.65. The molecule has 0 bridgehead atoms. The van der Waals surface area contributed by atoms with Gasteiger partial charge in [0, 0.05) is 26.7 Å². The molecule has 1 heterocycles. The zero-order valence-corrected chi connectivity index (χ0v) is 14.5. The van der Waals surface area contributed by atoms with Crippen molar-refractivity contribution in [1.29, 1.82) is 0 Å². The molecular formula is C14H24N4O2S2. The predicted octanol–water partition coefficient (Wildman–Crippen LogP) is 1.13. The maximum atomic E-state index is 11.9. The zero-order chi connectivity index (χ0) is 15.8. The van der Waals surface area contributed by atoms with Crippen LogP contribution >= 0.6 is 11.3 Å². The Morgan fingerprint density at radius 1 is 1.41 bits per heavy atom. The molecule has 0 spiro atoms. The van der Waals surface area contributed by atoms with E-state index in [1.165, 1.54) is 12.0 Å². The minimum atomic E-state index is -3.21. The van der Waals surface area contributed by atoms with Gasteiger partial charge in [-0.25, -0.2) is 13.1 Å². The fourth-order valence-electron chi connectivity index (χ4n) is 2.12. The van der Waals surface area contributed by atoms with Gasteiger partial charge in [-0.15, -0.1) is 0 Å². The van der Waals surface area contributed by atoms with E-state index >= 15 is 0 Å². The zero-order valence-electron chi connectivity index (χ0n) is 12.8. The number of nitrogens with zero attached hydrogens (tertiary/aromatic N) is 1. The van der Waals surface area contributed by atoms with E-state index in [0.29, 0.717) is 31.5 Å².